The van der Waals surface area contributed by atoms with Gasteiger partial charge in [-0.3, -0.25) is 0 Å². The van der Waals surface area contributed by atoms with E-state index in [0.29, 0.717) is 5.92 Å². The third-order valence-corrected chi connectivity index (χ3v) is 3.90. The van der Waals surface area contributed by atoms with Crippen molar-refractivity contribution in [3.63, 3.8) is 0 Å². The van der Waals surface area contributed by atoms with E-state index in [1.165, 1.54) is 18.4 Å². The molecule has 2 N–H and O–H groups in total. The normalized spacial score (nSPS) is 15.5. The molecule has 1 saturated carbocycles. The number of carboxylic acids is 1. The quantitative estimate of drug-likeness (QED) is 0.867. The van der Waals surface area contributed by atoms with Crippen LogP contribution >= 0.6 is 0 Å². The van der Waals surface area contributed by atoms with Gasteiger partial charge in [-0.1, -0.05) is 42.0 Å². The topological polar surface area (TPSA) is 49.3 Å². The van der Waals surface area contributed by atoms with E-state index in [-0.39, 0.29) is 0 Å². The Morgan fingerprint density at radius 1 is 1.19 bits per heavy atom. The Bertz CT molecular complexity index is 645. The highest BCUT2D eigenvalue weighted by molar-refractivity contribution is 5.79. The van der Waals surface area contributed by atoms with E-state index in [1.807, 2.05) is 49.4 Å². The van der Waals surface area contributed by atoms with Gasteiger partial charge in [-0.25, -0.2) is 4.79 Å². The number of benzene rings is 2. The number of rotatable bonds is 5. The third kappa shape index (κ3) is 3.24. The lowest BCUT2D eigenvalue weighted by atomic mass is 10.0. The molecule has 21 heavy (non-hydrogen) atoms. The van der Waals surface area contributed by atoms with Crippen LogP contribution in [0.3, 0.4) is 0 Å². The van der Waals surface area contributed by atoms with Crippen molar-refractivity contribution in [3.05, 3.63) is 65.2 Å². The van der Waals surface area contributed by atoms with Crippen molar-refractivity contribution in [2.75, 3.05) is 5.32 Å². The van der Waals surface area contributed by atoms with E-state index < -0.39 is 12.0 Å². The van der Waals surface area contributed by atoms with Crippen LogP contribution in [-0.4, -0.2) is 11.1 Å². The van der Waals surface area contributed by atoms with Crippen LogP contribution in [0.15, 0.2) is 48.5 Å². The Morgan fingerprint density at radius 2 is 1.90 bits per heavy atom. The summed E-state index contributed by atoms with van der Waals surface area (Å²) in [6.07, 6.45) is 2.43. The lowest BCUT2D eigenvalue weighted by Gasteiger charge is -2.17. The number of hydrogen-bond acceptors (Lipinski definition) is 2. The van der Waals surface area contributed by atoms with Gasteiger partial charge in [0.15, 0.2) is 6.04 Å². The number of aryl methyl sites for hydroxylation is 1. The van der Waals surface area contributed by atoms with Gasteiger partial charge in [0.05, 0.1) is 0 Å². The summed E-state index contributed by atoms with van der Waals surface area (Å²) >= 11 is 0. The summed E-state index contributed by atoms with van der Waals surface area (Å²) in [5, 5.41) is 12.6. The number of nitrogens with one attached hydrogen (secondary N) is 1. The van der Waals surface area contributed by atoms with Crippen LogP contribution in [0.1, 0.15) is 41.5 Å². The average molecular weight is 281 g/mol. The molecule has 1 fully saturated rings. The third-order valence-electron chi connectivity index (χ3n) is 3.90. The Kier molecular flexibility index (Phi) is 3.65. The summed E-state index contributed by atoms with van der Waals surface area (Å²) in [6.45, 7) is 2.01. The summed E-state index contributed by atoms with van der Waals surface area (Å²) < 4.78 is 0. The summed E-state index contributed by atoms with van der Waals surface area (Å²) in [5.74, 6) is -0.234. The van der Waals surface area contributed by atoms with Crippen LogP contribution in [0, 0.1) is 6.92 Å². The Labute approximate surface area is 124 Å². The maximum atomic E-state index is 11.6. The van der Waals surface area contributed by atoms with Gasteiger partial charge in [-0.2, -0.15) is 0 Å². The van der Waals surface area contributed by atoms with Crippen LogP contribution in [0.25, 0.3) is 0 Å². The van der Waals surface area contributed by atoms with E-state index >= 15 is 0 Å². The second-order valence-corrected chi connectivity index (χ2v) is 5.73. The molecule has 0 bridgehead atoms. The van der Waals surface area contributed by atoms with Crippen molar-refractivity contribution in [2.24, 2.45) is 0 Å². The van der Waals surface area contributed by atoms with Crippen molar-refractivity contribution < 1.29 is 9.90 Å². The molecule has 3 nitrogen and oxygen atoms in total. The van der Waals surface area contributed by atoms with Crippen molar-refractivity contribution in [2.45, 2.75) is 31.7 Å². The number of carbonyl (C=O) groups is 1. The number of anilines is 1. The summed E-state index contributed by atoms with van der Waals surface area (Å²) in [4.78, 5) is 11.6. The number of aliphatic carboxylic acids is 1. The Morgan fingerprint density at radius 3 is 2.52 bits per heavy atom. The first-order chi connectivity index (χ1) is 10.1. The minimum absolute atomic E-state index is 0.624. The summed E-state index contributed by atoms with van der Waals surface area (Å²) in [6, 6.07) is 15.0. The Balaban J connectivity index is 1.85. The highest BCUT2D eigenvalue weighted by Gasteiger charge is 2.26. The highest BCUT2D eigenvalue weighted by atomic mass is 16.4. The van der Waals surface area contributed by atoms with Gasteiger partial charge in [0, 0.05) is 5.69 Å². The number of carboxylic acid groups (broad SMARTS) is 1. The summed E-state index contributed by atoms with van der Waals surface area (Å²) in [7, 11) is 0. The molecule has 2 aromatic carbocycles. The molecule has 108 valence electrons. The van der Waals surface area contributed by atoms with Crippen molar-refractivity contribution in [1.82, 2.24) is 0 Å². The Hall–Kier alpha value is -2.29. The monoisotopic (exact) mass is 281 g/mol. The first-order valence-electron chi connectivity index (χ1n) is 7.29. The van der Waals surface area contributed by atoms with Gasteiger partial charge < -0.3 is 10.4 Å². The average Bonchev–Trinajstić information content (AvgIpc) is 3.31. The zero-order valence-corrected chi connectivity index (χ0v) is 12.0. The maximum Gasteiger partial charge on any atom is 0.330 e. The van der Waals surface area contributed by atoms with E-state index in [1.54, 1.807) is 0 Å². The zero-order valence-electron chi connectivity index (χ0n) is 12.0. The first-order valence-corrected chi connectivity index (χ1v) is 7.29. The molecule has 1 unspecified atom stereocenters. The van der Waals surface area contributed by atoms with Crippen molar-refractivity contribution in [3.8, 4) is 0 Å². The maximum absolute atomic E-state index is 11.6. The highest BCUT2D eigenvalue weighted by Crippen LogP contribution is 2.40. The van der Waals surface area contributed by atoms with Gasteiger partial charge in [0.1, 0.15) is 0 Å². The molecule has 1 aliphatic carbocycles. The summed E-state index contributed by atoms with van der Waals surface area (Å²) in [5.41, 5.74) is 4.05. The standard InChI is InChI=1S/C18H19NO2/c1-12-5-9-16(10-6-12)19-17(18(20)21)15-4-2-3-14(11-15)13-7-8-13/h2-6,9-11,13,17,19H,7-8H2,1H3,(H,20,21). The molecule has 3 heteroatoms. The predicted octanol–water partition coefficient (Wildman–Crippen LogP) is 4.11. The minimum atomic E-state index is -0.858. The molecule has 1 aliphatic rings. The lowest BCUT2D eigenvalue weighted by Crippen LogP contribution is -2.20. The molecule has 0 aromatic heterocycles. The first kappa shape index (κ1) is 13.7. The van der Waals surface area contributed by atoms with Gasteiger partial charge in [-0.05, 0) is 48.9 Å². The van der Waals surface area contributed by atoms with E-state index in [9.17, 15) is 9.90 Å². The fourth-order valence-corrected chi connectivity index (χ4v) is 2.51. The van der Waals surface area contributed by atoms with E-state index in [0.717, 1.165) is 16.8 Å². The molecule has 1 atom stereocenters. The SMILES string of the molecule is Cc1ccc(NC(C(=O)O)c2cccc(C3CC3)c2)cc1. The second kappa shape index (κ2) is 5.60. The van der Waals surface area contributed by atoms with Crippen LogP contribution in [0.2, 0.25) is 0 Å². The van der Waals surface area contributed by atoms with Crippen LogP contribution in [0.4, 0.5) is 5.69 Å². The largest absolute Gasteiger partial charge is 0.479 e. The van der Waals surface area contributed by atoms with Gasteiger partial charge in [0.2, 0.25) is 0 Å². The molecule has 0 heterocycles. The second-order valence-electron chi connectivity index (χ2n) is 5.73. The zero-order chi connectivity index (χ0) is 14.8. The molecule has 3 rings (SSSR count). The molecule has 0 spiro atoms. The fraction of sp³-hybridized carbons (Fsp3) is 0.278. The molecule has 0 aliphatic heterocycles. The smallest absolute Gasteiger partial charge is 0.330 e. The molecule has 0 saturated heterocycles. The fourth-order valence-electron chi connectivity index (χ4n) is 2.51. The van der Waals surface area contributed by atoms with Gasteiger partial charge in [-0.15, -0.1) is 0 Å². The lowest BCUT2D eigenvalue weighted by molar-refractivity contribution is -0.138. The van der Waals surface area contributed by atoms with E-state index in [4.69, 9.17) is 0 Å². The minimum Gasteiger partial charge on any atom is -0.479 e. The molecule has 2 aromatic rings. The number of hydrogen-bond donors (Lipinski definition) is 2. The van der Waals surface area contributed by atoms with Crippen molar-refractivity contribution >= 4 is 11.7 Å². The van der Waals surface area contributed by atoms with Crippen LogP contribution < -0.4 is 5.32 Å². The van der Waals surface area contributed by atoms with Crippen LogP contribution in [0.5, 0.6) is 0 Å². The van der Waals surface area contributed by atoms with Gasteiger partial charge >= 0.3 is 5.97 Å². The molecule has 0 radical (unpaired) electrons. The van der Waals surface area contributed by atoms with E-state index in [2.05, 4.69) is 11.4 Å². The van der Waals surface area contributed by atoms with Crippen molar-refractivity contribution in [1.29, 1.82) is 0 Å². The van der Waals surface area contributed by atoms with Crippen LogP contribution in [-0.2, 0) is 4.79 Å². The predicted molar refractivity (Wildman–Crippen MR) is 83.6 cm³/mol. The molecular formula is C18H19NO2. The van der Waals surface area contributed by atoms with Gasteiger partial charge in [0.25, 0.3) is 0 Å². The molecule has 0 amide bonds. The molecular weight excluding hydrogens is 262 g/mol.